The molecule has 1 aromatic carbocycles. The molecular formula is C25H36O8. The summed E-state index contributed by atoms with van der Waals surface area (Å²) in [5.41, 5.74) is 1.92. The van der Waals surface area contributed by atoms with Crippen molar-refractivity contribution in [2.24, 2.45) is 11.3 Å². The average Bonchev–Trinajstić information content (AvgIpc) is 2.77. The van der Waals surface area contributed by atoms with Crippen LogP contribution in [-0.2, 0) is 4.74 Å². The molecule has 0 spiro atoms. The standard InChI is InChI=1S/C25H36O8/c1-11(2)13-7-15-14(12-5-6-20(28)25(3,4)16(12)9-17(15)27)8-18(13)32-24-23(31)22(30)21(29)19(10-26)33-24/h7-8,11-12,16,19-24,26,28-31H,5-6,9-10H2,1-4H3. The SMILES string of the molecule is CC(C)c1cc2c(cc1OC1OC(CO)C(O)C(O)C1O)C1CCC(O)C(C)(C)C1CC2=O. The van der Waals surface area contributed by atoms with Crippen LogP contribution in [-0.4, -0.2) is 74.7 Å². The molecule has 1 saturated heterocycles. The number of benzene rings is 1. The predicted octanol–water partition coefficient (Wildman–Crippen LogP) is 1.46. The summed E-state index contributed by atoms with van der Waals surface area (Å²) in [6, 6.07) is 3.70. The highest BCUT2D eigenvalue weighted by Gasteiger charge is 2.49. The van der Waals surface area contributed by atoms with Crippen LogP contribution in [0.4, 0.5) is 0 Å². The van der Waals surface area contributed by atoms with E-state index in [1.807, 2.05) is 39.8 Å². The predicted molar refractivity (Wildman–Crippen MR) is 119 cm³/mol. The summed E-state index contributed by atoms with van der Waals surface area (Å²) in [6.45, 7) is 7.43. The minimum absolute atomic E-state index is 0.00493. The van der Waals surface area contributed by atoms with Crippen molar-refractivity contribution in [3.8, 4) is 5.75 Å². The molecule has 0 aromatic heterocycles. The average molecular weight is 465 g/mol. The molecule has 2 aliphatic carbocycles. The van der Waals surface area contributed by atoms with Gasteiger partial charge in [0.1, 0.15) is 30.2 Å². The molecular weight excluding hydrogens is 428 g/mol. The Bertz CT molecular complexity index is 895. The van der Waals surface area contributed by atoms with Gasteiger partial charge in [-0.1, -0.05) is 27.7 Å². The second kappa shape index (κ2) is 8.91. The minimum atomic E-state index is -1.53. The molecule has 1 aromatic rings. The molecule has 8 atom stereocenters. The van der Waals surface area contributed by atoms with E-state index >= 15 is 0 Å². The van der Waals surface area contributed by atoms with Crippen LogP contribution in [0.5, 0.6) is 5.75 Å². The molecule has 1 aliphatic heterocycles. The fourth-order valence-corrected chi connectivity index (χ4v) is 5.77. The maximum atomic E-state index is 13.1. The Kier molecular flexibility index (Phi) is 6.63. The van der Waals surface area contributed by atoms with Gasteiger partial charge in [0.15, 0.2) is 5.78 Å². The van der Waals surface area contributed by atoms with Crippen LogP contribution in [0.1, 0.15) is 80.3 Å². The zero-order chi connectivity index (χ0) is 24.2. The highest BCUT2D eigenvalue weighted by Crippen LogP contribution is 2.54. The quantitative estimate of drug-likeness (QED) is 0.452. The second-order valence-electron chi connectivity index (χ2n) is 10.7. The Balaban J connectivity index is 1.73. The topological polar surface area (TPSA) is 137 Å². The number of aliphatic hydroxyl groups is 5. The molecule has 2 fully saturated rings. The largest absolute Gasteiger partial charge is 0.462 e. The zero-order valence-corrected chi connectivity index (χ0v) is 19.6. The van der Waals surface area contributed by atoms with E-state index in [1.54, 1.807) is 0 Å². The minimum Gasteiger partial charge on any atom is -0.462 e. The van der Waals surface area contributed by atoms with E-state index in [0.29, 0.717) is 24.2 Å². The Hall–Kier alpha value is -1.55. The molecule has 8 nitrogen and oxygen atoms in total. The van der Waals surface area contributed by atoms with Crippen molar-refractivity contribution < 1.29 is 39.8 Å². The van der Waals surface area contributed by atoms with Crippen molar-refractivity contribution in [3.05, 3.63) is 28.8 Å². The van der Waals surface area contributed by atoms with Crippen LogP contribution in [0.25, 0.3) is 0 Å². The summed E-state index contributed by atoms with van der Waals surface area (Å²) in [5.74, 6) is 0.589. The zero-order valence-electron chi connectivity index (χ0n) is 19.6. The van der Waals surface area contributed by atoms with Crippen LogP contribution >= 0.6 is 0 Å². The number of hydrogen-bond acceptors (Lipinski definition) is 8. The normalized spacial score (nSPS) is 38.1. The Labute approximate surface area is 194 Å². The van der Waals surface area contributed by atoms with E-state index < -0.39 is 48.8 Å². The van der Waals surface area contributed by atoms with E-state index in [4.69, 9.17) is 9.47 Å². The number of carbonyl (C=O) groups excluding carboxylic acids is 1. The molecule has 184 valence electrons. The lowest BCUT2D eigenvalue weighted by Gasteiger charge is -2.49. The molecule has 0 amide bonds. The fraction of sp³-hybridized carbons (Fsp3) is 0.720. The molecule has 8 heteroatoms. The number of Topliss-reactive ketones (excluding diaryl/α,β-unsaturated/α-hetero) is 1. The molecule has 3 aliphatic rings. The summed E-state index contributed by atoms with van der Waals surface area (Å²) < 4.78 is 11.6. The summed E-state index contributed by atoms with van der Waals surface area (Å²) in [4.78, 5) is 13.1. The van der Waals surface area contributed by atoms with Gasteiger partial charge in [0.2, 0.25) is 6.29 Å². The number of carbonyl (C=O) groups is 1. The van der Waals surface area contributed by atoms with Gasteiger partial charge in [-0.05, 0) is 59.3 Å². The van der Waals surface area contributed by atoms with E-state index in [2.05, 4.69) is 0 Å². The fourth-order valence-electron chi connectivity index (χ4n) is 5.77. The summed E-state index contributed by atoms with van der Waals surface area (Å²) in [6.07, 6.45) is -5.54. The van der Waals surface area contributed by atoms with E-state index in [1.165, 1.54) is 0 Å². The number of hydrogen-bond donors (Lipinski definition) is 5. The third-order valence-corrected chi connectivity index (χ3v) is 8.05. The summed E-state index contributed by atoms with van der Waals surface area (Å²) in [5, 5.41) is 50.7. The van der Waals surface area contributed by atoms with E-state index in [0.717, 1.165) is 17.5 Å². The number of rotatable bonds is 4. The number of ether oxygens (including phenoxy) is 2. The van der Waals surface area contributed by atoms with Crippen LogP contribution in [0.2, 0.25) is 0 Å². The van der Waals surface area contributed by atoms with E-state index in [9.17, 15) is 30.3 Å². The third-order valence-electron chi connectivity index (χ3n) is 8.05. The monoisotopic (exact) mass is 464 g/mol. The van der Waals surface area contributed by atoms with Crippen molar-refractivity contribution >= 4 is 5.78 Å². The first-order chi connectivity index (χ1) is 15.5. The molecule has 1 heterocycles. The Morgan fingerprint density at radius 2 is 1.79 bits per heavy atom. The van der Waals surface area contributed by atoms with Gasteiger partial charge < -0.3 is 35.0 Å². The number of aliphatic hydroxyl groups excluding tert-OH is 5. The number of ketones is 1. The smallest absolute Gasteiger partial charge is 0.229 e. The number of fused-ring (bicyclic) bond motifs is 3. The summed E-state index contributed by atoms with van der Waals surface area (Å²) in [7, 11) is 0. The first-order valence-corrected chi connectivity index (χ1v) is 11.8. The van der Waals surface area contributed by atoms with Crippen LogP contribution in [0.3, 0.4) is 0 Å². The maximum Gasteiger partial charge on any atom is 0.229 e. The van der Waals surface area contributed by atoms with Crippen molar-refractivity contribution in [2.75, 3.05) is 6.61 Å². The molecule has 0 radical (unpaired) electrons. The van der Waals surface area contributed by atoms with Crippen LogP contribution in [0, 0.1) is 11.3 Å². The summed E-state index contributed by atoms with van der Waals surface area (Å²) >= 11 is 0. The van der Waals surface area contributed by atoms with Crippen molar-refractivity contribution in [1.29, 1.82) is 0 Å². The second-order valence-corrected chi connectivity index (χ2v) is 10.7. The lowest BCUT2D eigenvalue weighted by molar-refractivity contribution is -0.277. The molecule has 0 bridgehead atoms. The third kappa shape index (κ3) is 4.11. The lowest BCUT2D eigenvalue weighted by atomic mass is 9.56. The van der Waals surface area contributed by atoms with Crippen molar-refractivity contribution in [3.63, 3.8) is 0 Å². The highest BCUT2D eigenvalue weighted by atomic mass is 16.7. The van der Waals surface area contributed by atoms with Gasteiger partial charge in [-0.2, -0.15) is 0 Å². The van der Waals surface area contributed by atoms with Crippen molar-refractivity contribution in [1.82, 2.24) is 0 Å². The van der Waals surface area contributed by atoms with Gasteiger partial charge >= 0.3 is 0 Å². The van der Waals surface area contributed by atoms with Crippen LogP contribution in [0.15, 0.2) is 12.1 Å². The molecule has 5 N–H and O–H groups in total. The van der Waals surface area contributed by atoms with Gasteiger partial charge in [-0.15, -0.1) is 0 Å². The van der Waals surface area contributed by atoms with Gasteiger partial charge in [0.05, 0.1) is 12.7 Å². The molecule has 1 saturated carbocycles. The van der Waals surface area contributed by atoms with E-state index in [-0.39, 0.29) is 23.5 Å². The molecule has 33 heavy (non-hydrogen) atoms. The van der Waals surface area contributed by atoms with Gasteiger partial charge in [-0.3, -0.25) is 4.79 Å². The van der Waals surface area contributed by atoms with Gasteiger partial charge in [0, 0.05) is 12.0 Å². The Morgan fingerprint density at radius 1 is 1.09 bits per heavy atom. The first kappa shape index (κ1) is 24.6. The van der Waals surface area contributed by atoms with Gasteiger partial charge in [0.25, 0.3) is 0 Å². The van der Waals surface area contributed by atoms with Crippen LogP contribution < -0.4 is 4.74 Å². The lowest BCUT2D eigenvalue weighted by Crippen LogP contribution is -2.60. The van der Waals surface area contributed by atoms with Gasteiger partial charge in [-0.25, -0.2) is 0 Å². The first-order valence-electron chi connectivity index (χ1n) is 11.8. The molecule has 4 rings (SSSR count). The van der Waals surface area contributed by atoms with Crippen molar-refractivity contribution in [2.45, 2.75) is 95.6 Å². The maximum absolute atomic E-state index is 13.1. The Morgan fingerprint density at radius 3 is 2.42 bits per heavy atom. The highest BCUT2D eigenvalue weighted by molar-refractivity contribution is 5.99. The molecule has 8 unspecified atom stereocenters.